The molecular formula is C38H44N2O7. The highest BCUT2D eigenvalue weighted by molar-refractivity contribution is 5.79. The highest BCUT2D eigenvalue weighted by atomic mass is 17.1. The Morgan fingerprint density at radius 1 is 0.872 bits per heavy atom. The number of ether oxygens (including phenoxy) is 3. The average Bonchev–Trinajstić information content (AvgIpc) is 3.09. The van der Waals surface area contributed by atoms with Crippen molar-refractivity contribution in [2.45, 2.75) is 51.4 Å². The van der Waals surface area contributed by atoms with Crippen LogP contribution in [0, 0.1) is 6.92 Å². The van der Waals surface area contributed by atoms with Gasteiger partial charge in [-0.3, -0.25) is 15.2 Å². The van der Waals surface area contributed by atoms with Gasteiger partial charge in [-0.05, 0) is 52.8 Å². The Hall–Kier alpha value is -4.09. The Morgan fingerprint density at radius 3 is 2.40 bits per heavy atom. The lowest BCUT2D eigenvalue weighted by molar-refractivity contribution is -0.497. The highest BCUT2D eigenvalue weighted by Crippen LogP contribution is 2.34. The summed E-state index contributed by atoms with van der Waals surface area (Å²) in [5, 5.41) is 17.3. The zero-order valence-corrected chi connectivity index (χ0v) is 27.1. The van der Waals surface area contributed by atoms with Crippen LogP contribution in [0.1, 0.15) is 46.6 Å². The Kier molecular flexibility index (Phi) is 12.5. The number of likely N-dealkylation sites (tertiary alicyclic amines) is 1. The van der Waals surface area contributed by atoms with E-state index in [4.69, 9.17) is 24.6 Å². The van der Waals surface area contributed by atoms with Gasteiger partial charge in [0, 0.05) is 44.7 Å². The van der Waals surface area contributed by atoms with Gasteiger partial charge in [-0.15, -0.1) is 0 Å². The molecule has 1 aliphatic heterocycles. The topological polar surface area (TPSA) is 101 Å². The van der Waals surface area contributed by atoms with Crippen molar-refractivity contribution < 1.29 is 34.3 Å². The van der Waals surface area contributed by atoms with E-state index >= 15 is 0 Å². The molecule has 248 valence electrons. The molecule has 0 aliphatic carbocycles. The van der Waals surface area contributed by atoms with E-state index in [9.17, 15) is 4.79 Å². The van der Waals surface area contributed by atoms with Crippen molar-refractivity contribution >= 4 is 5.91 Å². The van der Waals surface area contributed by atoms with Gasteiger partial charge in [0.05, 0.1) is 37.7 Å². The summed E-state index contributed by atoms with van der Waals surface area (Å²) in [4.78, 5) is 20.2. The number of carbonyl (C=O) groups excluding carboxylic acids is 1. The molecule has 9 nitrogen and oxygen atoms in total. The first kappa shape index (κ1) is 34.3. The summed E-state index contributed by atoms with van der Waals surface area (Å²) in [6.07, 6.45) is 1.61. The van der Waals surface area contributed by atoms with Crippen LogP contribution in [0.25, 0.3) is 11.1 Å². The molecule has 1 fully saturated rings. The molecule has 1 aliphatic rings. The molecule has 9 heteroatoms. The molecule has 0 aromatic heterocycles. The molecule has 5 rings (SSSR count). The number of aryl methyl sites for hydroxylation is 1. The van der Waals surface area contributed by atoms with Crippen molar-refractivity contribution in [3.63, 3.8) is 0 Å². The minimum Gasteiger partial charge on any atom is -0.493 e. The number of rotatable bonds is 15. The van der Waals surface area contributed by atoms with Gasteiger partial charge in [-0.1, -0.05) is 91.0 Å². The molecule has 0 saturated carbocycles. The molecule has 1 amide bonds. The maximum Gasteiger partial charge on any atom is 0.227 e. The number of nitrogens with zero attached hydrogens (tertiary/aromatic N) is 2. The first-order valence-corrected chi connectivity index (χ1v) is 16.0. The Bertz CT molecular complexity index is 1560. The molecule has 2 N–H and O–H groups in total. The van der Waals surface area contributed by atoms with Crippen LogP contribution in [0.3, 0.4) is 0 Å². The van der Waals surface area contributed by atoms with Crippen LogP contribution in [-0.2, 0) is 38.7 Å². The largest absolute Gasteiger partial charge is 0.493 e. The van der Waals surface area contributed by atoms with Gasteiger partial charge >= 0.3 is 0 Å². The molecule has 4 aromatic carbocycles. The summed E-state index contributed by atoms with van der Waals surface area (Å²) in [6.45, 7) is 4.71. The fourth-order valence-electron chi connectivity index (χ4n) is 5.94. The van der Waals surface area contributed by atoms with Crippen LogP contribution in [0.2, 0.25) is 0 Å². The lowest BCUT2D eigenvalue weighted by Crippen LogP contribution is -2.47. The molecule has 1 saturated heterocycles. The van der Waals surface area contributed by atoms with Gasteiger partial charge in [0.25, 0.3) is 0 Å². The van der Waals surface area contributed by atoms with Crippen molar-refractivity contribution in [3.05, 3.63) is 125 Å². The van der Waals surface area contributed by atoms with E-state index in [0.717, 1.165) is 52.0 Å². The van der Waals surface area contributed by atoms with E-state index in [2.05, 4.69) is 53.4 Å². The fourth-order valence-corrected chi connectivity index (χ4v) is 5.94. The SMILES string of the molecule is COCCCOc1cc(C)ccc1COC1CN(C(=O)Cc2ccc(CON(O)O)cc2)CC[C@@H]1c1cccc(-c2ccccc2)c1. The minimum absolute atomic E-state index is 0.000123. The summed E-state index contributed by atoms with van der Waals surface area (Å²) in [5.74, 6) is 0.955. The van der Waals surface area contributed by atoms with Crippen LogP contribution in [0.4, 0.5) is 0 Å². The van der Waals surface area contributed by atoms with Gasteiger partial charge < -0.3 is 19.1 Å². The predicted molar refractivity (Wildman–Crippen MR) is 178 cm³/mol. The number of hydrogen-bond donors (Lipinski definition) is 2. The molecule has 0 radical (unpaired) electrons. The normalized spacial score (nSPS) is 16.4. The maximum atomic E-state index is 13.6. The van der Waals surface area contributed by atoms with Crippen LogP contribution < -0.4 is 4.74 Å². The van der Waals surface area contributed by atoms with Crippen molar-refractivity contribution in [2.24, 2.45) is 0 Å². The fraction of sp³-hybridized carbons (Fsp3) is 0.342. The molecule has 4 aromatic rings. The number of piperidine rings is 1. The maximum absolute atomic E-state index is 13.6. The molecular weight excluding hydrogens is 596 g/mol. The number of carbonyl (C=O) groups is 1. The van der Waals surface area contributed by atoms with Crippen molar-refractivity contribution in [3.8, 4) is 16.9 Å². The van der Waals surface area contributed by atoms with Gasteiger partial charge in [0.1, 0.15) is 5.75 Å². The first-order chi connectivity index (χ1) is 22.9. The average molecular weight is 641 g/mol. The molecule has 0 bridgehead atoms. The molecule has 1 unspecified atom stereocenters. The van der Waals surface area contributed by atoms with Crippen LogP contribution >= 0.6 is 0 Å². The van der Waals surface area contributed by atoms with Gasteiger partial charge in [-0.25, -0.2) is 4.84 Å². The molecule has 47 heavy (non-hydrogen) atoms. The van der Waals surface area contributed by atoms with Crippen LogP contribution in [0.5, 0.6) is 5.75 Å². The summed E-state index contributed by atoms with van der Waals surface area (Å²) in [5.41, 5.74) is 7.23. The van der Waals surface area contributed by atoms with Crippen molar-refractivity contribution in [1.82, 2.24) is 10.3 Å². The van der Waals surface area contributed by atoms with E-state index in [0.29, 0.717) is 32.9 Å². The Balaban J connectivity index is 1.32. The molecule has 1 heterocycles. The smallest absolute Gasteiger partial charge is 0.227 e. The standard InChI is InChI=1S/C38H44N2O7/c1-28-12-17-34(36(22-28)45-21-7-20-44-2)27-46-37-25-39(38(41)23-29-13-15-30(16-14-29)26-47-40(42)43)19-18-35(37)33-11-6-10-32(24-33)31-8-4-3-5-9-31/h3-6,8-17,22,24,35,37,42-43H,7,18-21,23,25-27H2,1-2H3/t35-,37?/m1/s1. The number of amides is 1. The van der Waals surface area contributed by atoms with Gasteiger partial charge in [-0.2, -0.15) is 0 Å². The van der Waals surface area contributed by atoms with E-state index < -0.39 is 0 Å². The lowest BCUT2D eigenvalue weighted by atomic mass is 9.85. The van der Waals surface area contributed by atoms with Crippen LogP contribution in [-0.4, -0.2) is 66.1 Å². The second kappa shape index (κ2) is 17.2. The van der Waals surface area contributed by atoms with Gasteiger partial charge in [0.15, 0.2) is 0 Å². The number of methoxy groups -OCH3 is 1. The summed E-state index contributed by atoms with van der Waals surface area (Å²) in [6, 6.07) is 32.5. The monoisotopic (exact) mass is 640 g/mol. The molecule has 0 spiro atoms. The van der Waals surface area contributed by atoms with E-state index in [1.807, 2.05) is 48.2 Å². The minimum atomic E-state index is -0.312. The number of hydrogen-bond acceptors (Lipinski definition) is 8. The van der Waals surface area contributed by atoms with Crippen molar-refractivity contribution in [1.29, 1.82) is 0 Å². The second-order valence-corrected chi connectivity index (χ2v) is 11.9. The highest BCUT2D eigenvalue weighted by Gasteiger charge is 2.33. The van der Waals surface area contributed by atoms with Crippen LogP contribution in [0.15, 0.2) is 97.1 Å². The van der Waals surface area contributed by atoms with Gasteiger partial charge in [0.2, 0.25) is 5.91 Å². The second-order valence-electron chi connectivity index (χ2n) is 11.9. The zero-order chi connectivity index (χ0) is 33.0. The Morgan fingerprint density at radius 2 is 1.64 bits per heavy atom. The predicted octanol–water partition coefficient (Wildman–Crippen LogP) is 6.73. The Labute approximate surface area is 276 Å². The zero-order valence-electron chi connectivity index (χ0n) is 27.1. The summed E-state index contributed by atoms with van der Waals surface area (Å²) in [7, 11) is 1.69. The third-order valence-corrected chi connectivity index (χ3v) is 8.48. The summed E-state index contributed by atoms with van der Waals surface area (Å²) >= 11 is 0. The third-order valence-electron chi connectivity index (χ3n) is 8.48. The summed E-state index contributed by atoms with van der Waals surface area (Å²) < 4.78 is 18.0. The van der Waals surface area contributed by atoms with E-state index in [1.165, 1.54) is 5.56 Å². The van der Waals surface area contributed by atoms with Crippen molar-refractivity contribution in [2.75, 3.05) is 33.4 Å². The molecule has 2 atom stereocenters. The number of benzene rings is 4. The van der Waals surface area contributed by atoms with E-state index in [1.54, 1.807) is 19.2 Å². The van der Waals surface area contributed by atoms with E-state index in [-0.39, 0.29) is 36.3 Å². The first-order valence-electron chi connectivity index (χ1n) is 16.0. The third kappa shape index (κ3) is 9.95. The lowest BCUT2D eigenvalue weighted by Gasteiger charge is -2.39. The quantitative estimate of drug-likeness (QED) is 0.109.